The van der Waals surface area contributed by atoms with Crippen LogP contribution >= 0.6 is 23.2 Å². The van der Waals surface area contributed by atoms with Gasteiger partial charge in [-0.05, 0) is 31.2 Å². The zero-order valence-electron chi connectivity index (χ0n) is 15.1. The maximum atomic E-state index is 11.7. The van der Waals surface area contributed by atoms with Crippen LogP contribution in [0.1, 0.15) is 11.3 Å². The molecule has 0 atom stereocenters. The van der Waals surface area contributed by atoms with E-state index in [-0.39, 0.29) is 27.5 Å². The molecule has 0 aliphatic heterocycles. The van der Waals surface area contributed by atoms with Gasteiger partial charge in [-0.3, -0.25) is 9.71 Å². The number of anilines is 1. The molecule has 0 saturated heterocycles. The Kier molecular flexibility index (Phi) is 5.88. The summed E-state index contributed by atoms with van der Waals surface area (Å²) in [5.74, 6) is -0.0613. The van der Waals surface area contributed by atoms with Gasteiger partial charge in [0.15, 0.2) is 10.9 Å². The smallest absolute Gasteiger partial charge is 0.244 e. The molecule has 3 heterocycles. The Morgan fingerprint density at radius 3 is 2.59 bits per heavy atom. The van der Waals surface area contributed by atoms with E-state index in [1.165, 1.54) is 18.5 Å². The molecule has 29 heavy (non-hydrogen) atoms. The molecule has 0 unspecified atom stereocenters. The summed E-state index contributed by atoms with van der Waals surface area (Å²) in [6.45, 7) is 1.71. The minimum atomic E-state index is -3.61. The highest BCUT2D eigenvalue weighted by Gasteiger charge is 2.18. The van der Waals surface area contributed by atoms with Gasteiger partial charge in [-0.2, -0.15) is 5.26 Å². The van der Waals surface area contributed by atoms with Crippen LogP contribution in [0, 0.1) is 18.3 Å². The molecule has 8 nitrogen and oxygen atoms in total. The predicted octanol–water partition coefficient (Wildman–Crippen LogP) is 4.19. The van der Waals surface area contributed by atoms with Gasteiger partial charge in [-0.25, -0.2) is 18.4 Å². The molecule has 11 heteroatoms. The van der Waals surface area contributed by atoms with Crippen molar-refractivity contribution in [3.63, 3.8) is 0 Å². The zero-order valence-corrected chi connectivity index (χ0v) is 17.5. The monoisotopic (exact) mass is 449 g/mol. The van der Waals surface area contributed by atoms with Crippen LogP contribution in [0.5, 0.6) is 11.6 Å². The number of halogens is 2. The molecule has 0 aliphatic carbocycles. The zero-order chi connectivity index (χ0) is 21.2. The normalized spacial score (nSPS) is 11.0. The van der Waals surface area contributed by atoms with Crippen LogP contribution in [-0.2, 0) is 10.0 Å². The molecule has 0 spiro atoms. The van der Waals surface area contributed by atoms with Crippen molar-refractivity contribution >= 4 is 38.9 Å². The van der Waals surface area contributed by atoms with Crippen molar-refractivity contribution in [2.24, 2.45) is 0 Å². The third-order valence-electron chi connectivity index (χ3n) is 3.53. The van der Waals surface area contributed by atoms with Crippen molar-refractivity contribution in [3.05, 3.63) is 58.1 Å². The molecule has 3 aromatic heterocycles. The summed E-state index contributed by atoms with van der Waals surface area (Å²) >= 11 is 12.3. The van der Waals surface area contributed by atoms with Crippen molar-refractivity contribution in [2.75, 3.05) is 11.0 Å². The van der Waals surface area contributed by atoms with E-state index in [9.17, 15) is 8.42 Å². The SMILES string of the molecule is Cc1cc(Cl)c(Oc2nc(-c3cncc(C#N)c3)ccc2NS(C)(=O)=O)c(Cl)n1. The van der Waals surface area contributed by atoms with Crippen molar-refractivity contribution in [2.45, 2.75) is 6.92 Å². The third-order valence-corrected chi connectivity index (χ3v) is 4.66. The lowest BCUT2D eigenvalue weighted by atomic mass is 10.1. The summed E-state index contributed by atoms with van der Waals surface area (Å²) in [5.41, 5.74) is 1.95. The molecule has 0 radical (unpaired) electrons. The number of aryl methyl sites for hydroxylation is 1. The Morgan fingerprint density at radius 2 is 1.93 bits per heavy atom. The minimum absolute atomic E-state index is 0.000605. The number of aromatic nitrogens is 3. The fourth-order valence-corrected chi connectivity index (χ4v) is 3.53. The number of nitrogens with zero attached hydrogens (tertiary/aromatic N) is 4. The first kappa shape index (κ1) is 20.8. The number of pyridine rings is 3. The highest BCUT2D eigenvalue weighted by molar-refractivity contribution is 7.92. The number of nitriles is 1. The number of hydrogen-bond donors (Lipinski definition) is 1. The highest BCUT2D eigenvalue weighted by Crippen LogP contribution is 2.38. The fraction of sp³-hybridized carbons (Fsp3) is 0.111. The fourth-order valence-electron chi connectivity index (χ4n) is 2.37. The second-order valence-electron chi connectivity index (χ2n) is 5.96. The number of hydrogen-bond acceptors (Lipinski definition) is 7. The first-order chi connectivity index (χ1) is 13.7. The first-order valence-corrected chi connectivity index (χ1v) is 10.7. The van der Waals surface area contributed by atoms with E-state index in [4.69, 9.17) is 33.2 Å². The third kappa shape index (κ3) is 5.12. The van der Waals surface area contributed by atoms with E-state index in [1.807, 2.05) is 6.07 Å². The molecule has 3 aromatic rings. The molecule has 3 rings (SSSR count). The van der Waals surface area contributed by atoms with Crippen molar-refractivity contribution in [1.29, 1.82) is 5.26 Å². The summed E-state index contributed by atoms with van der Waals surface area (Å²) < 4.78 is 31.5. The van der Waals surface area contributed by atoms with Crippen LogP contribution in [0.25, 0.3) is 11.3 Å². The Morgan fingerprint density at radius 1 is 1.17 bits per heavy atom. The van der Waals surface area contributed by atoms with Crippen LogP contribution in [0.4, 0.5) is 5.69 Å². The van der Waals surface area contributed by atoms with Crippen LogP contribution in [0.15, 0.2) is 36.7 Å². The molecular formula is C18H13Cl2N5O3S. The van der Waals surface area contributed by atoms with E-state index in [2.05, 4.69) is 19.7 Å². The number of sulfonamides is 1. The molecule has 0 aliphatic rings. The molecule has 1 N–H and O–H groups in total. The van der Waals surface area contributed by atoms with Crippen LogP contribution < -0.4 is 9.46 Å². The van der Waals surface area contributed by atoms with Crippen LogP contribution in [-0.4, -0.2) is 29.6 Å². The molecular weight excluding hydrogens is 437 g/mol. The summed E-state index contributed by atoms with van der Waals surface area (Å²) in [6, 6.07) is 8.18. The van der Waals surface area contributed by atoms with Gasteiger partial charge in [0, 0.05) is 23.7 Å². The molecule has 0 fully saturated rings. The van der Waals surface area contributed by atoms with Gasteiger partial charge in [0.1, 0.15) is 11.8 Å². The van der Waals surface area contributed by atoms with Gasteiger partial charge >= 0.3 is 0 Å². The van der Waals surface area contributed by atoms with Gasteiger partial charge in [-0.15, -0.1) is 0 Å². The van der Waals surface area contributed by atoms with E-state index in [1.54, 1.807) is 25.1 Å². The average molecular weight is 450 g/mol. The lowest BCUT2D eigenvalue weighted by Crippen LogP contribution is -2.11. The molecule has 0 amide bonds. The van der Waals surface area contributed by atoms with Crippen molar-refractivity contribution in [1.82, 2.24) is 15.0 Å². The maximum absolute atomic E-state index is 11.7. The van der Waals surface area contributed by atoms with Crippen LogP contribution in [0.3, 0.4) is 0 Å². The molecule has 0 bridgehead atoms. The van der Waals surface area contributed by atoms with Gasteiger partial charge in [0.05, 0.1) is 22.5 Å². The van der Waals surface area contributed by atoms with Gasteiger partial charge < -0.3 is 4.74 Å². The Balaban J connectivity index is 2.12. The lowest BCUT2D eigenvalue weighted by molar-refractivity contribution is 0.464. The average Bonchev–Trinajstić information content (AvgIpc) is 2.64. The van der Waals surface area contributed by atoms with Gasteiger partial charge in [0.25, 0.3) is 0 Å². The topological polar surface area (TPSA) is 118 Å². The Bertz CT molecular complexity index is 1220. The summed E-state index contributed by atoms with van der Waals surface area (Å²) in [4.78, 5) is 12.4. The predicted molar refractivity (Wildman–Crippen MR) is 110 cm³/mol. The molecule has 0 saturated carbocycles. The number of rotatable bonds is 5. The summed E-state index contributed by atoms with van der Waals surface area (Å²) in [6.07, 6.45) is 3.93. The highest BCUT2D eigenvalue weighted by atomic mass is 35.5. The van der Waals surface area contributed by atoms with E-state index >= 15 is 0 Å². The van der Waals surface area contributed by atoms with Crippen LogP contribution in [0.2, 0.25) is 10.2 Å². The van der Waals surface area contributed by atoms with Gasteiger partial charge in [0.2, 0.25) is 15.9 Å². The molecule has 148 valence electrons. The minimum Gasteiger partial charge on any atom is -0.432 e. The van der Waals surface area contributed by atoms with E-state index < -0.39 is 10.0 Å². The second-order valence-corrected chi connectivity index (χ2v) is 8.48. The Hall–Kier alpha value is -2.93. The quantitative estimate of drug-likeness (QED) is 0.579. The van der Waals surface area contributed by atoms with Crippen molar-refractivity contribution < 1.29 is 13.2 Å². The van der Waals surface area contributed by atoms with Crippen molar-refractivity contribution in [3.8, 4) is 29.0 Å². The lowest BCUT2D eigenvalue weighted by Gasteiger charge is -2.14. The second kappa shape index (κ2) is 8.21. The summed E-state index contributed by atoms with van der Waals surface area (Å²) in [5, 5.41) is 9.25. The maximum Gasteiger partial charge on any atom is 0.244 e. The first-order valence-electron chi connectivity index (χ1n) is 8.01. The number of ether oxygens (including phenoxy) is 1. The summed E-state index contributed by atoms with van der Waals surface area (Å²) in [7, 11) is -3.61. The van der Waals surface area contributed by atoms with E-state index in [0.29, 0.717) is 22.5 Å². The largest absolute Gasteiger partial charge is 0.432 e. The molecule has 0 aromatic carbocycles. The number of nitrogens with one attached hydrogen (secondary N) is 1. The van der Waals surface area contributed by atoms with Gasteiger partial charge in [-0.1, -0.05) is 23.2 Å². The standard InChI is InChI=1S/C18H13Cl2N5O3S/c1-10-5-13(19)16(17(20)23-10)28-18-15(25-29(2,26)27)4-3-14(24-18)12-6-11(7-21)8-22-9-12/h3-6,8-9,25H,1-2H3. The Labute approximate surface area is 177 Å². The van der Waals surface area contributed by atoms with E-state index in [0.717, 1.165) is 6.26 Å².